The topological polar surface area (TPSA) is 177 Å². The van der Waals surface area contributed by atoms with Crippen LogP contribution in [0.25, 0.3) is 33.3 Å². The lowest BCUT2D eigenvalue weighted by atomic mass is 9.84. The minimum Gasteiger partial charge on any atom is -0.508 e. The van der Waals surface area contributed by atoms with Crippen LogP contribution in [0.3, 0.4) is 0 Å². The van der Waals surface area contributed by atoms with Gasteiger partial charge in [-0.3, -0.25) is 29.2 Å². The smallest absolute Gasteiger partial charge is 0.324 e. The lowest BCUT2D eigenvalue weighted by Crippen LogP contribution is -2.62. The number of hydrogen-bond acceptors (Lipinski definition) is 10. The minimum atomic E-state index is -1.10. The molecule has 5 heterocycles. The molecule has 3 amide bonds. The molecule has 14 nitrogen and oxygen atoms in total. The fraction of sp³-hybridized carbons (Fsp3) is 0.531. The predicted octanol–water partition coefficient (Wildman–Crippen LogP) is 5.69. The summed E-state index contributed by atoms with van der Waals surface area (Å²) in [4.78, 5) is 63.1. The van der Waals surface area contributed by atoms with Crippen LogP contribution >= 0.6 is 0 Å². The second-order valence-electron chi connectivity index (χ2n) is 19.2. The number of nitrogens with one attached hydrogen (secondary N) is 3. The Labute approximate surface area is 370 Å². The number of hydrogen-bond donors (Lipinski definition) is 4. The van der Waals surface area contributed by atoms with Crippen molar-refractivity contribution in [2.24, 2.45) is 17.3 Å². The van der Waals surface area contributed by atoms with Crippen LogP contribution < -0.4 is 16.1 Å². The number of aromatic hydroxyl groups is 1. The SMILES string of the molecule is CCn1c(-c2cccnc2[C@H](C)OC)c2c3cc(ccc31)-c1cc(O)cc(c1)C[C@H](NC(=O)[C@H](C(C)C)N(C)C(=O)[C@H]1C[C@@H]3N[C@@H]3C1)C(=O)N1CCC[C@H](N1)C(=O)OCC(C)(C)C2. The first kappa shape index (κ1) is 44.3. The van der Waals surface area contributed by atoms with E-state index in [-0.39, 0.29) is 42.6 Å². The third kappa shape index (κ3) is 8.94. The molecular formula is C49H63N7O7. The number of esters is 1. The fourth-order valence-corrected chi connectivity index (χ4v) is 10.3. The van der Waals surface area contributed by atoms with Crippen molar-refractivity contribution in [1.29, 1.82) is 0 Å². The van der Waals surface area contributed by atoms with E-state index in [2.05, 4.69) is 59.6 Å². The second-order valence-corrected chi connectivity index (χ2v) is 19.2. The number of pyridine rings is 1. The summed E-state index contributed by atoms with van der Waals surface area (Å²) in [5.74, 6) is -1.78. The molecule has 2 aromatic heterocycles. The van der Waals surface area contributed by atoms with Crippen molar-refractivity contribution in [3.63, 3.8) is 0 Å². The largest absolute Gasteiger partial charge is 0.508 e. The first-order valence-electron chi connectivity index (χ1n) is 22.6. The molecule has 3 fully saturated rings. The number of cyclic esters (lactones) is 1. The van der Waals surface area contributed by atoms with E-state index in [1.165, 1.54) is 5.01 Å². The van der Waals surface area contributed by atoms with Gasteiger partial charge in [0.15, 0.2) is 0 Å². The Morgan fingerprint density at radius 1 is 1.08 bits per heavy atom. The molecule has 1 aliphatic carbocycles. The Hall–Kier alpha value is -5.31. The molecule has 0 spiro atoms. The van der Waals surface area contributed by atoms with Crippen LogP contribution in [0.4, 0.5) is 0 Å². The summed E-state index contributed by atoms with van der Waals surface area (Å²) in [7, 11) is 3.36. The normalized spacial score (nSPS) is 24.3. The Morgan fingerprint density at radius 3 is 2.56 bits per heavy atom. The quantitative estimate of drug-likeness (QED) is 0.121. The maximum absolute atomic E-state index is 14.7. The summed E-state index contributed by atoms with van der Waals surface area (Å²) in [5.41, 5.74) is 9.75. The highest BCUT2D eigenvalue weighted by Gasteiger charge is 2.49. The molecule has 63 heavy (non-hydrogen) atoms. The molecule has 4 aliphatic rings. The van der Waals surface area contributed by atoms with E-state index in [0.717, 1.165) is 57.4 Å². The van der Waals surface area contributed by atoms with E-state index in [1.54, 1.807) is 37.4 Å². The zero-order chi connectivity index (χ0) is 44.9. The molecule has 14 heteroatoms. The number of phenols is 1. The molecule has 7 atom stereocenters. The van der Waals surface area contributed by atoms with Crippen LogP contribution in [-0.4, -0.2) is 106 Å². The molecule has 2 aromatic carbocycles. The van der Waals surface area contributed by atoms with Crippen LogP contribution in [0.1, 0.15) is 90.2 Å². The van der Waals surface area contributed by atoms with Gasteiger partial charge in [-0.15, -0.1) is 0 Å². The van der Waals surface area contributed by atoms with Crippen LogP contribution in [0.5, 0.6) is 5.75 Å². The molecule has 0 unspecified atom stereocenters. The highest BCUT2D eigenvalue weighted by atomic mass is 16.5. The van der Waals surface area contributed by atoms with Gasteiger partial charge in [0.25, 0.3) is 5.91 Å². The number of amides is 3. The van der Waals surface area contributed by atoms with E-state index in [9.17, 15) is 24.3 Å². The van der Waals surface area contributed by atoms with Crippen LogP contribution in [0, 0.1) is 17.3 Å². The number of methoxy groups -OCH3 is 1. The van der Waals surface area contributed by atoms with Gasteiger partial charge in [0.05, 0.1) is 24.1 Å². The number of ether oxygens (including phenoxy) is 2. The van der Waals surface area contributed by atoms with E-state index < -0.39 is 41.3 Å². The predicted molar refractivity (Wildman–Crippen MR) is 240 cm³/mol. The number of phenolic OH excluding ortho intramolecular Hbond substituents is 1. The highest BCUT2D eigenvalue weighted by Crippen LogP contribution is 2.42. The van der Waals surface area contributed by atoms with Gasteiger partial charge in [0.2, 0.25) is 11.8 Å². The first-order chi connectivity index (χ1) is 30.1. The summed E-state index contributed by atoms with van der Waals surface area (Å²) in [6, 6.07) is 13.6. The molecule has 3 aliphatic heterocycles. The second kappa shape index (κ2) is 17.7. The number of piperidine rings is 1. The summed E-state index contributed by atoms with van der Waals surface area (Å²) in [5, 5.41) is 20.2. The van der Waals surface area contributed by atoms with E-state index in [0.29, 0.717) is 50.0 Å². The standard InChI is InChI=1S/C49H63N7O7/c1-9-55-41-15-14-30-22-35(41)36(44(55)34-12-10-16-50-42(34)28(4)62-8)25-49(5,6)26-63-48(61)37-13-11-17-56(53-37)47(60)40(20-29-18-31(30)21-33(57)19-29)52-45(58)43(27(2)3)54(7)46(59)32-23-38-39(24-32)51-38/h10,12,14-16,18-19,21-22,27-28,32,37-40,43,51,53,57H,9,11,13,17,20,23-26H2,1-8H3,(H,52,58)/t28-,32-,37-,38-,39+,40-,43-/m0/s1. The van der Waals surface area contributed by atoms with Crippen LogP contribution in [0.2, 0.25) is 0 Å². The van der Waals surface area contributed by atoms with Gasteiger partial charge in [-0.05, 0) is 111 Å². The zero-order valence-corrected chi connectivity index (χ0v) is 37.9. The number of likely N-dealkylation sites (N-methyl/N-ethyl adjacent to an activating group) is 1. The highest BCUT2D eigenvalue weighted by molar-refractivity contribution is 5.96. The molecule has 6 bridgehead atoms. The monoisotopic (exact) mass is 861 g/mol. The van der Waals surface area contributed by atoms with Gasteiger partial charge in [-0.1, -0.05) is 39.8 Å². The van der Waals surface area contributed by atoms with Crippen LogP contribution in [-0.2, 0) is 48.0 Å². The van der Waals surface area contributed by atoms with E-state index >= 15 is 0 Å². The van der Waals surface area contributed by atoms with Gasteiger partial charge >= 0.3 is 5.97 Å². The van der Waals surface area contributed by atoms with Gasteiger partial charge < -0.3 is 34.7 Å². The summed E-state index contributed by atoms with van der Waals surface area (Å²) >= 11 is 0. The molecule has 1 saturated carbocycles. The summed E-state index contributed by atoms with van der Waals surface area (Å²) in [6.07, 6.45) is 4.62. The number of nitrogens with zero attached hydrogens (tertiary/aromatic N) is 4. The van der Waals surface area contributed by atoms with Crippen molar-refractivity contribution in [2.75, 3.05) is 27.3 Å². The van der Waals surface area contributed by atoms with Crippen molar-refractivity contribution >= 4 is 34.6 Å². The number of rotatable bonds is 9. The molecule has 8 rings (SSSR count). The van der Waals surface area contributed by atoms with Crippen molar-refractivity contribution in [2.45, 2.75) is 123 Å². The third-order valence-electron chi connectivity index (χ3n) is 13.6. The van der Waals surface area contributed by atoms with Gasteiger partial charge in [0.1, 0.15) is 23.9 Å². The average Bonchev–Trinajstić information content (AvgIpc) is 3.75. The van der Waals surface area contributed by atoms with Crippen molar-refractivity contribution in [1.82, 2.24) is 35.5 Å². The number of aromatic nitrogens is 2. The van der Waals surface area contributed by atoms with E-state index in [4.69, 9.17) is 14.5 Å². The number of carbonyl (C=O) groups excluding carboxylic acids is 4. The molecule has 4 aromatic rings. The summed E-state index contributed by atoms with van der Waals surface area (Å²) in [6.45, 7) is 13.2. The van der Waals surface area contributed by atoms with Gasteiger partial charge in [-0.2, -0.15) is 0 Å². The first-order valence-corrected chi connectivity index (χ1v) is 22.6. The maximum Gasteiger partial charge on any atom is 0.324 e. The molecule has 4 N–H and O–H groups in total. The Bertz CT molecular complexity index is 2400. The van der Waals surface area contributed by atoms with Crippen molar-refractivity contribution in [3.8, 4) is 28.1 Å². The number of fused-ring (bicyclic) bond motifs is 7. The number of carbonyl (C=O) groups is 4. The van der Waals surface area contributed by atoms with Gasteiger partial charge in [-0.25, -0.2) is 5.43 Å². The molecule has 0 radical (unpaired) electrons. The number of aryl methyl sites for hydroxylation is 1. The molecular weight excluding hydrogens is 799 g/mol. The Morgan fingerprint density at radius 2 is 1.84 bits per heavy atom. The minimum absolute atomic E-state index is 0.0182. The Kier molecular flexibility index (Phi) is 12.4. The summed E-state index contributed by atoms with van der Waals surface area (Å²) < 4.78 is 14.2. The Balaban J connectivity index is 1.22. The fourth-order valence-electron chi connectivity index (χ4n) is 10.3. The third-order valence-corrected chi connectivity index (χ3v) is 13.6. The number of hydrazine groups is 1. The maximum atomic E-state index is 14.7. The van der Waals surface area contributed by atoms with Crippen molar-refractivity contribution < 1.29 is 33.8 Å². The molecule has 336 valence electrons. The molecule has 2 saturated heterocycles. The van der Waals surface area contributed by atoms with Crippen LogP contribution in [0.15, 0.2) is 54.7 Å². The lowest BCUT2D eigenvalue weighted by molar-refractivity contribution is -0.155. The zero-order valence-electron chi connectivity index (χ0n) is 37.9. The van der Waals surface area contributed by atoms with E-state index in [1.807, 2.05) is 39.0 Å². The van der Waals surface area contributed by atoms with Crippen molar-refractivity contribution in [3.05, 3.63) is 71.5 Å². The lowest BCUT2D eigenvalue weighted by Gasteiger charge is -2.37. The average molecular weight is 862 g/mol. The van der Waals surface area contributed by atoms with Gasteiger partial charge in [0, 0.05) is 79.7 Å². The number of benzene rings is 2.